The standard InChI is InChI=1S/C13H14BrNO2/c1-7(16)3-8-11-10(14)9-4-13(8,6-15)5-12(9,2)17-11/h9-10H,3-5H2,1-2H3/t9?,10-,12?,13?/m0/s1. The number of nitriles is 1. The molecule has 0 amide bonds. The fourth-order valence-corrected chi connectivity index (χ4v) is 4.88. The van der Waals surface area contributed by atoms with Gasteiger partial charge in [-0.15, -0.1) is 0 Å². The minimum atomic E-state index is -0.442. The van der Waals surface area contributed by atoms with Crippen LogP contribution < -0.4 is 0 Å². The number of carbonyl (C=O) groups is 1. The zero-order valence-corrected chi connectivity index (χ0v) is 11.5. The fraction of sp³-hybridized carbons (Fsp3) is 0.692. The first-order chi connectivity index (χ1) is 7.92. The van der Waals surface area contributed by atoms with Gasteiger partial charge < -0.3 is 4.74 Å². The van der Waals surface area contributed by atoms with Crippen molar-refractivity contribution in [3.63, 3.8) is 0 Å². The van der Waals surface area contributed by atoms with Gasteiger partial charge in [0, 0.05) is 18.8 Å². The van der Waals surface area contributed by atoms with Gasteiger partial charge in [-0.2, -0.15) is 5.26 Å². The van der Waals surface area contributed by atoms with Gasteiger partial charge >= 0.3 is 0 Å². The minimum Gasteiger partial charge on any atom is -0.490 e. The second-order valence-electron chi connectivity index (χ2n) is 5.72. The molecule has 4 bridgehead atoms. The summed E-state index contributed by atoms with van der Waals surface area (Å²) >= 11 is 3.66. The maximum Gasteiger partial charge on any atom is 0.134 e. The minimum absolute atomic E-state index is 0.101. The van der Waals surface area contributed by atoms with Crippen molar-refractivity contribution in [2.24, 2.45) is 11.3 Å². The van der Waals surface area contributed by atoms with Crippen molar-refractivity contribution in [3.05, 3.63) is 11.3 Å². The molecule has 1 saturated heterocycles. The highest BCUT2D eigenvalue weighted by atomic mass is 79.9. The van der Waals surface area contributed by atoms with E-state index >= 15 is 0 Å². The van der Waals surface area contributed by atoms with Crippen LogP contribution in [-0.2, 0) is 9.53 Å². The maximum atomic E-state index is 11.4. The highest BCUT2D eigenvalue weighted by Crippen LogP contribution is 2.67. The number of nitrogens with zero attached hydrogens (tertiary/aromatic N) is 1. The monoisotopic (exact) mass is 295 g/mol. The molecular weight excluding hydrogens is 282 g/mol. The summed E-state index contributed by atoms with van der Waals surface area (Å²) in [6.07, 6.45) is 1.91. The fourth-order valence-electron chi connectivity index (χ4n) is 3.76. The van der Waals surface area contributed by atoms with Crippen molar-refractivity contribution in [2.45, 2.75) is 43.5 Å². The number of Topliss-reactive ketones (excluding diaryl/α,β-unsaturated/α-hetero) is 1. The molecule has 0 N–H and O–H groups in total. The number of hydrogen-bond donors (Lipinski definition) is 0. The van der Waals surface area contributed by atoms with Crippen LogP contribution in [0, 0.1) is 22.7 Å². The first-order valence-electron chi connectivity index (χ1n) is 5.89. The van der Waals surface area contributed by atoms with Gasteiger partial charge in [-0.3, -0.25) is 4.79 Å². The molecule has 0 spiro atoms. The Bertz CT molecular complexity index is 492. The summed E-state index contributed by atoms with van der Waals surface area (Å²) in [5.74, 6) is 1.34. The highest BCUT2D eigenvalue weighted by molar-refractivity contribution is 9.09. The lowest BCUT2D eigenvalue weighted by Gasteiger charge is -2.35. The Labute approximate surface area is 109 Å². The summed E-state index contributed by atoms with van der Waals surface area (Å²) in [4.78, 5) is 11.6. The average Bonchev–Trinajstić information content (AvgIpc) is 2.61. The van der Waals surface area contributed by atoms with E-state index in [-0.39, 0.29) is 16.2 Å². The molecule has 0 radical (unpaired) electrons. The summed E-state index contributed by atoms with van der Waals surface area (Å²) in [7, 11) is 0. The summed E-state index contributed by atoms with van der Waals surface area (Å²) < 4.78 is 6.02. The quantitative estimate of drug-likeness (QED) is 0.736. The molecule has 2 aliphatic carbocycles. The Kier molecular flexibility index (Phi) is 2.08. The number of ether oxygens (including phenoxy) is 1. The van der Waals surface area contributed by atoms with E-state index in [1.807, 2.05) is 0 Å². The molecule has 0 aromatic carbocycles. The van der Waals surface area contributed by atoms with Gasteiger partial charge in [-0.1, -0.05) is 15.9 Å². The molecule has 3 unspecified atom stereocenters. The molecule has 4 aliphatic rings. The Hall–Kier alpha value is -0.820. The smallest absolute Gasteiger partial charge is 0.134 e. The van der Waals surface area contributed by atoms with E-state index in [0.717, 1.165) is 24.2 Å². The number of alkyl halides is 1. The van der Waals surface area contributed by atoms with Gasteiger partial charge in [0.2, 0.25) is 0 Å². The lowest BCUT2D eigenvalue weighted by molar-refractivity contribution is -0.116. The summed E-state index contributed by atoms with van der Waals surface area (Å²) in [5, 5.41) is 9.52. The van der Waals surface area contributed by atoms with E-state index in [2.05, 4.69) is 28.9 Å². The van der Waals surface area contributed by atoms with Crippen LogP contribution in [0.2, 0.25) is 0 Å². The van der Waals surface area contributed by atoms with E-state index < -0.39 is 5.41 Å². The van der Waals surface area contributed by atoms with E-state index in [1.54, 1.807) is 6.92 Å². The predicted octanol–water partition coefficient (Wildman–Crippen LogP) is 2.71. The Morgan fingerprint density at radius 2 is 2.41 bits per heavy atom. The van der Waals surface area contributed by atoms with Gasteiger partial charge in [0.15, 0.2) is 0 Å². The molecule has 0 aromatic heterocycles. The Morgan fingerprint density at radius 3 is 2.94 bits per heavy atom. The van der Waals surface area contributed by atoms with E-state index in [9.17, 15) is 10.1 Å². The zero-order valence-electron chi connectivity index (χ0n) is 9.92. The van der Waals surface area contributed by atoms with E-state index in [0.29, 0.717) is 12.3 Å². The molecule has 4 rings (SSSR count). The van der Waals surface area contributed by atoms with E-state index in [4.69, 9.17) is 4.74 Å². The van der Waals surface area contributed by atoms with Crippen molar-refractivity contribution in [1.29, 1.82) is 5.26 Å². The number of carbonyl (C=O) groups excluding carboxylic acids is 1. The molecule has 4 heteroatoms. The second kappa shape index (κ2) is 3.14. The van der Waals surface area contributed by atoms with Gasteiger partial charge in [-0.25, -0.2) is 0 Å². The number of hydrogen-bond acceptors (Lipinski definition) is 3. The van der Waals surface area contributed by atoms with Crippen molar-refractivity contribution in [3.8, 4) is 6.07 Å². The molecule has 3 nitrogen and oxygen atoms in total. The molecule has 2 fully saturated rings. The summed E-state index contributed by atoms with van der Waals surface area (Å²) in [6.45, 7) is 3.66. The van der Waals surface area contributed by atoms with E-state index in [1.165, 1.54) is 0 Å². The first-order valence-corrected chi connectivity index (χ1v) is 6.81. The molecule has 2 heterocycles. The number of halogens is 1. The Balaban J connectivity index is 2.15. The lowest BCUT2D eigenvalue weighted by atomic mass is 9.72. The number of allylic oxidation sites excluding steroid dienone is 2. The highest BCUT2D eigenvalue weighted by Gasteiger charge is 2.67. The van der Waals surface area contributed by atoms with Crippen molar-refractivity contribution in [1.82, 2.24) is 0 Å². The van der Waals surface area contributed by atoms with Crippen LogP contribution in [0.1, 0.15) is 33.1 Å². The lowest BCUT2D eigenvalue weighted by Crippen LogP contribution is -2.32. The van der Waals surface area contributed by atoms with Crippen LogP contribution in [0.4, 0.5) is 0 Å². The molecule has 2 aliphatic heterocycles. The van der Waals surface area contributed by atoms with Gasteiger partial charge in [0.1, 0.15) is 17.1 Å². The molecule has 1 saturated carbocycles. The summed E-state index contributed by atoms with van der Waals surface area (Å²) in [5.41, 5.74) is 0.281. The second-order valence-corrected chi connectivity index (χ2v) is 6.71. The van der Waals surface area contributed by atoms with Crippen molar-refractivity contribution >= 4 is 21.7 Å². The predicted molar refractivity (Wildman–Crippen MR) is 65.3 cm³/mol. The third-order valence-corrected chi connectivity index (χ3v) is 5.52. The molecule has 17 heavy (non-hydrogen) atoms. The SMILES string of the molecule is CC(=O)CC1=C2OC3(C)CC1(C#N)CC3[C@@H]2Br. The largest absolute Gasteiger partial charge is 0.490 e. The molecule has 90 valence electrons. The van der Waals surface area contributed by atoms with Crippen LogP contribution in [0.25, 0.3) is 0 Å². The Morgan fingerprint density at radius 1 is 1.71 bits per heavy atom. The molecule has 0 aromatic rings. The third kappa shape index (κ3) is 1.24. The van der Waals surface area contributed by atoms with Gasteiger partial charge in [0.25, 0.3) is 0 Å². The van der Waals surface area contributed by atoms with Crippen LogP contribution >= 0.6 is 15.9 Å². The zero-order chi connectivity index (χ0) is 12.4. The number of ketones is 1. The average molecular weight is 296 g/mol. The van der Waals surface area contributed by atoms with Crippen LogP contribution in [0.15, 0.2) is 11.3 Å². The topological polar surface area (TPSA) is 50.1 Å². The first kappa shape index (κ1) is 11.3. The number of rotatable bonds is 2. The van der Waals surface area contributed by atoms with Gasteiger partial charge in [0.05, 0.1) is 16.3 Å². The van der Waals surface area contributed by atoms with Gasteiger partial charge in [-0.05, 0) is 25.8 Å². The van der Waals surface area contributed by atoms with Crippen molar-refractivity contribution < 1.29 is 9.53 Å². The normalized spacial score (nSPS) is 46.0. The summed E-state index contributed by atoms with van der Waals surface area (Å²) in [6, 6.07) is 2.46. The molecular formula is C13H14BrNO2. The van der Waals surface area contributed by atoms with Crippen LogP contribution in [0.5, 0.6) is 0 Å². The third-order valence-electron chi connectivity index (χ3n) is 4.47. The molecule has 4 atom stereocenters. The van der Waals surface area contributed by atoms with Crippen LogP contribution in [0.3, 0.4) is 0 Å². The van der Waals surface area contributed by atoms with Crippen LogP contribution in [-0.4, -0.2) is 16.2 Å². The van der Waals surface area contributed by atoms with Crippen molar-refractivity contribution in [2.75, 3.05) is 0 Å². The maximum absolute atomic E-state index is 11.4.